The number of nitrogens with zero attached hydrogens (tertiary/aromatic N) is 2. The van der Waals surface area contributed by atoms with Crippen LogP contribution >= 0.6 is 0 Å². The van der Waals surface area contributed by atoms with Gasteiger partial charge in [0, 0.05) is 26.2 Å². The predicted octanol–water partition coefficient (Wildman–Crippen LogP) is 3.69. The summed E-state index contributed by atoms with van der Waals surface area (Å²) in [6.07, 6.45) is -19.2. The van der Waals surface area contributed by atoms with Crippen molar-refractivity contribution in [1.29, 1.82) is 0 Å². The molecular weight excluding hydrogens is 458 g/mol. The lowest BCUT2D eigenvalue weighted by molar-refractivity contribution is -0.474. The van der Waals surface area contributed by atoms with Crippen LogP contribution in [0.1, 0.15) is 0 Å². The van der Waals surface area contributed by atoms with Crippen LogP contribution in [0.2, 0.25) is 0 Å². The van der Waals surface area contributed by atoms with E-state index in [1.807, 2.05) is 4.74 Å². The van der Waals surface area contributed by atoms with E-state index in [9.17, 15) is 66.3 Å². The van der Waals surface area contributed by atoms with Crippen molar-refractivity contribution in [3.8, 4) is 0 Å². The Labute approximate surface area is 150 Å². The van der Waals surface area contributed by atoms with E-state index >= 15 is 0 Å². The number of piperazine rings is 1. The van der Waals surface area contributed by atoms with Gasteiger partial charge in [-0.1, -0.05) is 0 Å². The van der Waals surface area contributed by atoms with Crippen LogP contribution in [0.4, 0.5) is 61.5 Å². The van der Waals surface area contributed by atoms with Gasteiger partial charge in [0.15, 0.2) is 0 Å². The highest BCUT2D eigenvalue weighted by atomic mass is 19.4. The molecule has 1 heterocycles. The molecule has 0 saturated carbocycles. The molecule has 172 valence electrons. The fourth-order valence-corrected chi connectivity index (χ4v) is 2.06. The maximum atomic E-state index is 13.8. The number of hydrogen-bond donors (Lipinski definition) is 0. The Balaban J connectivity index is 3.16. The number of ether oxygens (including phenoxy) is 1. The molecule has 29 heavy (non-hydrogen) atoms. The number of halogens is 14. The van der Waals surface area contributed by atoms with Gasteiger partial charge in [0.1, 0.15) is 0 Å². The molecule has 1 aliphatic rings. The van der Waals surface area contributed by atoms with Crippen LogP contribution in [0.25, 0.3) is 0 Å². The third kappa shape index (κ3) is 4.52. The zero-order chi connectivity index (χ0) is 23.3. The highest BCUT2D eigenvalue weighted by Crippen LogP contribution is 2.52. The van der Waals surface area contributed by atoms with Crippen LogP contribution in [0.3, 0.4) is 0 Å². The minimum atomic E-state index is -7.14. The molecule has 1 saturated heterocycles. The Morgan fingerprint density at radius 3 is 1.38 bits per heavy atom. The molecule has 18 heteroatoms. The van der Waals surface area contributed by atoms with Crippen molar-refractivity contribution in [3.63, 3.8) is 0 Å². The molecule has 1 fully saturated rings. The van der Waals surface area contributed by atoms with Gasteiger partial charge in [-0.2, -0.15) is 61.5 Å². The van der Waals surface area contributed by atoms with Gasteiger partial charge in [0.2, 0.25) is 0 Å². The second kappa shape index (κ2) is 7.36. The number of alkyl halides is 13. The average Bonchev–Trinajstić information content (AvgIpc) is 2.52. The molecule has 0 aromatic heterocycles. The molecule has 0 bridgehead atoms. The van der Waals surface area contributed by atoms with Gasteiger partial charge in [-0.15, -0.1) is 0 Å². The SMILES string of the molecule is O=C(F)C(F)(OC(F)(F)C(F)(F)C(F)(F)N1CCN(C(F)(F)F)CC1)C(F)(F)F. The Kier molecular flexibility index (Phi) is 6.50. The van der Waals surface area contributed by atoms with Gasteiger partial charge in [-0.25, -0.2) is 9.80 Å². The lowest BCUT2D eigenvalue weighted by Gasteiger charge is -2.43. The van der Waals surface area contributed by atoms with E-state index in [0.29, 0.717) is 0 Å². The fraction of sp³-hybridized carbons (Fsp3) is 0.909. The standard InChI is InChI=1S/C11H8F14N2O2/c12-5(28)6(13,8(16,17)18)29-10(21,22)7(14,15)9(19,20)26-1-3-27(4-2-26)11(23,24)25/h1-4H2. The molecule has 4 nitrogen and oxygen atoms in total. The number of rotatable bonds is 6. The minimum Gasteiger partial charge on any atom is -0.261 e. The predicted molar refractivity (Wildman–Crippen MR) is 61.1 cm³/mol. The highest BCUT2D eigenvalue weighted by molar-refractivity contribution is 5.77. The largest absolute Gasteiger partial charge is 0.460 e. The molecule has 0 aliphatic carbocycles. The van der Waals surface area contributed by atoms with Gasteiger partial charge in [0.25, 0.3) is 0 Å². The lowest BCUT2D eigenvalue weighted by atomic mass is 10.2. The Bertz CT molecular complexity index is 610. The van der Waals surface area contributed by atoms with E-state index in [1.54, 1.807) is 0 Å². The molecule has 1 aliphatic heterocycles. The third-order valence-electron chi connectivity index (χ3n) is 3.66. The Morgan fingerprint density at radius 1 is 0.690 bits per heavy atom. The third-order valence-corrected chi connectivity index (χ3v) is 3.66. The zero-order valence-electron chi connectivity index (χ0n) is 13.3. The normalized spacial score (nSPS) is 21.2. The maximum Gasteiger partial charge on any atom is 0.460 e. The Hall–Kier alpha value is -1.43. The molecule has 0 aromatic carbocycles. The second-order valence-corrected chi connectivity index (χ2v) is 5.54. The number of hydrogen-bond acceptors (Lipinski definition) is 4. The summed E-state index contributed by atoms with van der Waals surface area (Å²) in [5.74, 6) is -13.8. The summed E-state index contributed by atoms with van der Waals surface area (Å²) in [5, 5.41) is 0. The Morgan fingerprint density at radius 2 is 1.07 bits per heavy atom. The molecule has 1 atom stereocenters. The lowest BCUT2D eigenvalue weighted by Crippen LogP contribution is -2.68. The van der Waals surface area contributed by atoms with Crippen LogP contribution in [-0.2, 0) is 9.53 Å². The van der Waals surface area contributed by atoms with Gasteiger partial charge in [0.05, 0.1) is 0 Å². The summed E-state index contributed by atoms with van der Waals surface area (Å²) < 4.78 is 183. The summed E-state index contributed by atoms with van der Waals surface area (Å²) in [7, 11) is 0. The first-order chi connectivity index (χ1) is 12.6. The first-order valence-electron chi connectivity index (χ1n) is 6.97. The van der Waals surface area contributed by atoms with Crippen LogP contribution in [0, 0.1) is 0 Å². The van der Waals surface area contributed by atoms with Crippen molar-refractivity contribution in [1.82, 2.24) is 9.80 Å². The van der Waals surface area contributed by atoms with Crippen LogP contribution in [-0.4, -0.2) is 78.4 Å². The summed E-state index contributed by atoms with van der Waals surface area (Å²) in [5.41, 5.74) is 0. The van der Waals surface area contributed by atoms with Crippen LogP contribution in [0.15, 0.2) is 0 Å². The van der Waals surface area contributed by atoms with E-state index in [-0.39, 0.29) is 0 Å². The molecule has 0 amide bonds. The zero-order valence-corrected chi connectivity index (χ0v) is 13.3. The van der Waals surface area contributed by atoms with Crippen molar-refractivity contribution in [2.75, 3.05) is 26.2 Å². The van der Waals surface area contributed by atoms with Gasteiger partial charge in [-0.05, 0) is 0 Å². The van der Waals surface area contributed by atoms with Crippen molar-refractivity contribution >= 4 is 6.04 Å². The first kappa shape index (κ1) is 25.6. The van der Waals surface area contributed by atoms with Gasteiger partial charge in [-0.3, -0.25) is 9.53 Å². The van der Waals surface area contributed by atoms with Gasteiger partial charge >= 0.3 is 42.4 Å². The monoisotopic (exact) mass is 466 g/mol. The van der Waals surface area contributed by atoms with Gasteiger partial charge < -0.3 is 0 Å². The molecule has 0 N–H and O–H groups in total. The fourth-order valence-electron chi connectivity index (χ4n) is 2.06. The number of carbonyl (C=O) groups excluding carboxylic acids is 1. The molecule has 0 radical (unpaired) electrons. The first-order valence-corrected chi connectivity index (χ1v) is 6.97. The average molecular weight is 466 g/mol. The van der Waals surface area contributed by atoms with Crippen molar-refractivity contribution in [2.24, 2.45) is 0 Å². The highest BCUT2D eigenvalue weighted by Gasteiger charge is 2.80. The summed E-state index contributed by atoms with van der Waals surface area (Å²) in [6.45, 7) is -6.08. The van der Waals surface area contributed by atoms with E-state index in [2.05, 4.69) is 0 Å². The van der Waals surface area contributed by atoms with Crippen molar-refractivity contribution < 1.29 is 71.0 Å². The van der Waals surface area contributed by atoms with Crippen molar-refractivity contribution in [2.45, 2.75) is 36.4 Å². The van der Waals surface area contributed by atoms with Crippen molar-refractivity contribution in [3.05, 3.63) is 0 Å². The van der Waals surface area contributed by atoms with Crippen LogP contribution < -0.4 is 0 Å². The molecule has 0 spiro atoms. The van der Waals surface area contributed by atoms with E-state index in [4.69, 9.17) is 0 Å². The molecule has 0 aromatic rings. The summed E-state index contributed by atoms with van der Waals surface area (Å²) in [6, 6.07) is -10.6. The van der Waals surface area contributed by atoms with E-state index < -0.39 is 78.4 Å². The van der Waals surface area contributed by atoms with E-state index in [1.165, 1.54) is 0 Å². The quantitative estimate of drug-likeness (QED) is 0.340. The van der Waals surface area contributed by atoms with E-state index in [0.717, 1.165) is 0 Å². The summed E-state index contributed by atoms with van der Waals surface area (Å²) in [4.78, 5) is 8.62. The van der Waals surface area contributed by atoms with Crippen LogP contribution in [0.5, 0.6) is 0 Å². The minimum absolute atomic E-state index is 0.454. The molecule has 1 unspecified atom stereocenters. The second-order valence-electron chi connectivity index (χ2n) is 5.54. The smallest absolute Gasteiger partial charge is 0.261 e. The maximum absolute atomic E-state index is 13.8. The summed E-state index contributed by atoms with van der Waals surface area (Å²) >= 11 is 0. The number of carbonyl (C=O) groups is 1. The molecule has 1 rings (SSSR count). The topological polar surface area (TPSA) is 32.8 Å². The molecular formula is C11H8F14N2O2.